The predicted molar refractivity (Wildman–Crippen MR) is 149 cm³/mol. The lowest BCUT2D eigenvalue weighted by Crippen LogP contribution is -2.50. The van der Waals surface area contributed by atoms with Gasteiger partial charge in [0.25, 0.3) is 5.56 Å². The van der Waals surface area contributed by atoms with Gasteiger partial charge in [-0.25, -0.2) is 4.79 Å². The predicted octanol–water partition coefficient (Wildman–Crippen LogP) is 5.73. The maximum absolute atomic E-state index is 13.0. The number of carbonyl (C=O) groups is 1. The molecule has 2 aromatic heterocycles. The van der Waals surface area contributed by atoms with E-state index in [0.29, 0.717) is 16.6 Å². The normalized spacial score (nSPS) is 22.4. The lowest BCUT2D eigenvalue weighted by atomic mass is 9.83. The summed E-state index contributed by atoms with van der Waals surface area (Å²) in [6, 6.07) is 5.59. The van der Waals surface area contributed by atoms with Crippen LogP contribution >= 0.6 is 23.6 Å². The van der Waals surface area contributed by atoms with E-state index in [4.69, 9.17) is 17.0 Å². The Morgan fingerprint density at radius 1 is 1.03 bits per heavy atom. The summed E-state index contributed by atoms with van der Waals surface area (Å²) in [4.78, 5) is 28.9. The van der Waals surface area contributed by atoms with Crippen molar-refractivity contribution in [3.05, 3.63) is 50.3 Å². The Morgan fingerprint density at radius 2 is 1.75 bits per heavy atom. The number of anilines is 1. The van der Waals surface area contributed by atoms with Crippen LogP contribution in [-0.2, 0) is 24.1 Å². The number of hydrogen-bond donors (Lipinski definition) is 1. The third-order valence-corrected chi connectivity index (χ3v) is 9.62. The molecule has 0 radical (unpaired) electrons. The van der Waals surface area contributed by atoms with Crippen LogP contribution in [0.15, 0.2) is 23.0 Å². The molecule has 8 heteroatoms. The second kappa shape index (κ2) is 11.5. The highest BCUT2D eigenvalue weighted by molar-refractivity contribution is 7.80. The van der Waals surface area contributed by atoms with E-state index in [1.165, 1.54) is 56.1 Å². The van der Waals surface area contributed by atoms with Gasteiger partial charge < -0.3 is 19.5 Å². The minimum Gasteiger partial charge on any atom is -0.465 e. The minimum absolute atomic E-state index is 0.0908. The van der Waals surface area contributed by atoms with E-state index < -0.39 is 0 Å². The number of rotatable bonds is 2. The zero-order valence-electron chi connectivity index (χ0n) is 21.2. The van der Waals surface area contributed by atoms with Gasteiger partial charge in [-0.3, -0.25) is 4.79 Å². The molecule has 2 atom stereocenters. The molecule has 0 saturated carbocycles. The molecule has 2 bridgehead atoms. The van der Waals surface area contributed by atoms with Gasteiger partial charge in [0.2, 0.25) is 0 Å². The highest BCUT2D eigenvalue weighted by Crippen LogP contribution is 2.39. The van der Waals surface area contributed by atoms with E-state index in [9.17, 15) is 9.59 Å². The Morgan fingerprint density at radius 3 is 2.50 bits per heavy atom. The number of aryl methyl sites for hydroxylation is 1. The highest BCUT2D eigenvalue weighted by Gasteiger charge is 2.36. The van der Waals surface area contributed by atoms with Crippen LogP contribution in [0.3, 0.4) is 0 Å². The zero-order chi connectivity index (χ0) is 25.1. The van der Waals surface area contributed by atoms with E-state index in [0.717, 1.165) is 62.4 Å². The zero-order valence-corrected chi connectivity index (χ0v) is 22.9. The van der Waals surface area contributed by atoms with Crippen molar-refractivity contribution in [2.75, 3.05) is 25.5 Å². The quantitative estimate of drug-likeness (QED) is 0.397. The number of nitrogens with one attached hydrogen (secondary N) is 1. The van der Waals surface area contributed by atoms with Crippen molar-refractivity contribution < 1.29 is 9.53 Å². The maximum atomic E-state index is 13.0. The van der Waals surface area contributed by atoms with Crippen molar-refractivity contribution in [3.63, 3.8) is 0 Å². The number of hydrogen-bond acceptors (Lipinski definition) is 5. The smallest absolute Gasteiger partial charge is 0.341 e. The molecule has 0 aromatic carbocycles. The molecule has 1 fully saturated rings. The van der Waals surface area contributed by atoms with Crippen molar-refractivity contribution in [2.24, 2.45) is 5.92 Å². The van der Waals surface area contributed by atoms with E-state index in [1.807, 2.05) is 10.6 Å². The van der Waals surface area contributed by atoms with E-state index in [2.05, 4.69) is 16.3 Å². The molecule has 5 rings (SSSR count). The number of esters is 1. The van der Waals surface area contributed by atoms with Gasteiger partial charge in [-0.2, -0.15) is 0 Å². The molecule has 2 aromatic rings. The second-order valence-electron chi connectivity index (χ2n) is 10.6. The van der Waals surface area contributed by atoms with E-state index >= 15 is 0 Å². The summed E-state index contributed by atoms with van der Waals surface area (Å²) in [5, 5.41) is 4.98. The van der Waals surface area contributed by atoms with Crippen molar-refractivity contribution >= 4 is 39.6 Å². The Labute approximate surface area is 223 Å². The molecule has 3 aliphatic rings. The molecule has 194 valence electrons. The number of aromatic nitrogens is 1. The first-order chi connectivity index (χ1) is 17.5. The topological polar surface area (TPSA) is 63.6 Å². The maximum Gasteiger partial charge on any atom is 0.341 e. The minimum atomic E-state index is -0.270. The van der Waals surface area contributed by atoms with Gasteiger partial charge in [0.1, 0.15) is 5.00 Å². The number of carbonyl (C=O) groups excluding carboxylic acids is 1. The van der Waals surface area contributed by atoms with Crippen LogP contribution in [0, 0.1) is 5.92 Å². The first-order valence-electron chi connectivity index (χ1n) is 13.5. The molecule has 4 heterocycles. The summed E-state index contributed by atoms with van der Waals surface area (Å²) in [7, 11) is 1.47. The van der Waals surface area contributed by atoms with Crippen LogP contribution in [-0.4, -0.2) is 40.7 Å². The fourth-order valence-corrected chi connectivity index (χ4v) is 7.86. The number of methoxy groups -OCH3 is 1. The molecule has 1 saturated heterocycles. The third-order valence-electron chi connectivity index (χ3n) is 8.05. The van der Waals surface area contributed by atoms with Crippen LogP contribution in [0.1, 0.15) is 90.2 Å². The number of nitrogens with zero attached hydrogens (tertiary/aromatic N) is 2. The van der Waals surface area contributed by atoms with E-state index in [-0.39, 0.29) is 17.4 Å². The molecule has 6 nitrogen and oxygen atoms in total. The Hall–Kier alpha value is -2.19. The third kappa shape index (κ3) is 5.40. The number of thiophene rings is 1. The summed E-state index contributed by atoms with van der Waals surface area (Å²) < 4.78 is 7.19. The van der Waals surface area contributed by atoms with Gasteiger partial charge in [0.15, 0.2) is 5.11 Å². The molecule has 0 unspecified atom stereocenters. The molecule has 1 N–H and O–H groups in total. The Kier molecular flexibility index (Phi) is 8.11. The molecular formula is C28H37N3O3S2. The van der Waals surface area contributed by atoms with E-state index in [1.54, 1.807) is 17.4 Å². The SMILES string of the molecule is COC(=O)c1c(NC(=S)N2C[C@@H]3C[C@H](C2)c2cccc(=O)n2C3)sc2c1CCCCCCCCCC2. The molecule has 1 aliphatic carbocycles. The molecule has 36 heavy (non-hydrogen) atoms. The summed E-state index contributed by atoms with van der Waals surface area (Å²) in [6.45, 7) is 2.34. The average Bonchev–Trinajstić information content (AvgIpc) is 3.20. The monoisotopic (exact) mass is 527 g/mol. The van der Waals surface area contributed by atoms with Crippen molar-refractivity contribution in [2.45, 2.75) is 83.1 Å². The fraction of sp³-hybridized carbons (Fsp3) is 0.607. The largest absolute Gasteiger partial charge is 0.465 e. The van der Waals surface area contributed by atoms with Crippen LogP contribution in [0.25, 0.3) is 0 Å². The summed E-state index contributed by atoms with van der Waals surface area (Å²) >= 11 is 7.60. The summed E-state index contributed by atoms with van der Waals surface area (Å²) in [5.74, 6) is 0.406. The summed E-state index contributed by atoms with van der Waals surface area (Å²) in [6.07, 6.45) is 13.0. The standard InChI is InChI=1S/C28H37N3O3S2/c1-34-27(33)25-21-11-8-6-4-2-3-5-7-9-13-23(21)36-26(25)29-28(35)30-16-19-15-20(18-30)22-12-10-14-24(32)31(22)17-19/h10,12,14,19-20H,2-9,11,13,15-18H2,1H3,(H,29,35)/t19-,20+/m0/s1. The van der Waals surface area contributed by atoms with Gasteiger partial charge in [-0.1, -0.05) is 44.6 Å². The van der Waals surface area contributed by atoms with Crippen molar-refractivity contribution in [3.8, 4) is 0 Å². The number of thiocarbonyl (C=S) groups is 1. The van der Waals surface area contributed by atoms with Crippen molar-refractivity contribution in [1.29, 1.82) is 0 Å². The van der Waals surface area contributed by atoms with Gasteiger partial charge in [0, 0.05) is 42.2 Å². The molecule has 2 aliphatic heterocycles. The number of likely N-dealkylation sites (tertiary alicyclic amines) is 1. The van der Waals surface area contributed by atoms with Gasteiger partial charge in [-0.05, 0) is 61.9 Å². The molecule has 0 spiro atoms. The first kappa shape index (κ1) is 25.5. The summed E-state index contributed by atoms with van der Waals surface area (Å²) in [5.41, 5.74) is 3.06. The number of fused-ring (bicyclic) bond motifs is 5. The van der Waals surface area contributed by atoms with Gasteiger partial charge >= 0.3 is 5.97 Å². The van der Waals surface area contributed by atoms with Gasteiger partial charge in [-0.15, -0.1) is 11.3 Å². The number of pyridine rings is 1. The van der Waals surface area contributed by atoms with Crippen LogP contribution in [0.2, 0.25) is 0 Å². The molecule has 0 amide bonds. The molecular weight excluding hydrogens is 490 g/mol. The second-order valence-corrected chi connectivity index (χ2v) is 12.1. The van der Waals surface area contributed by atoms with Gasteiger partial charge in [0.05, 0.1) is 12.7 Å². The Balaban J connectivity index is 1.37. The lowest BCUT2D eigenvalue weighted by molar-refractivity contribution is 0.0601. The number of piperidine rings is 1. The Bertz CT molecular complexity index is 1170. The first-order valence-corrected chi connectivity index (χ1v) is 14.8. The van der Waals surface area contributed by atoms with Crippen LogP contribution in [0.4, 0.5) is 5.00 Å². The van der Waals surface area contributed by atoms with Crippen LogP contribution < -0.4 is 10.9 Å². The average molecular weight is 528 g/mol. The fourth-order valence-electron chi connectivity index (χ4n) is 6.27. The van der Waals surface area contributed by atoms with Crippen molar-refractivity contribution in [1.82, 2.24) is 9.47 Å². The lowest BCUT2D eigenvalue weighted by Gasteiger charge is -2.43. The highest BCUT2D eigenvalue weighted by atomic mass is 32.1. The van der Waals surface area contributed by atoms with Crippen LogP contribution in [0.5, 0.6) is 0 Å². The number of ether oxygens (including phenoxy) is 1.